The summed E-state index contributed by atoms with van der Waals surface area (Å²) in [4.78, 5) is 32.6. The van der Waals surface area contributed by atoms with E-state index in [1.54, 1.807) is 24.0 Å². The number of carbonyl (C=O) groups is 2. The highest BCUT2D eigenvalue weighted by Crippen LogP contribution is 2.32. The number of piperazine rings is 1. The van der Waals surface area contributed by atoms with Crippen LogP contribution in [0.25, 0.3) is 10.9 Å². The molecule has 0 aliphatic carbocycles. The van der Waals surface area contributed by atoms with E-state index in [1.165, 1.54) is 12.3 Å². The van der Waals surface area contributed by atoms with Gasteiger partial charge >= 0.3 is 12.1 Å². The monoisotopic (exact) mass is 403 g/mol. The van der Waals surface area contributed by atoms with E-state index in [1.807, 2.05) is 25.7 Å². The van der Waals surface area contributed by atoms with Crippen molar-refractivity contribution in [2.45, 2.75) is 33.3 Å². The summed E-state index contributed by atoms with van der Waals surface area (Å²) in [6, 6.07) is 4.67. The van der Waals surface area contributed by atoms with Crippen molar-refractivity contribution >= 4 is 28.7 Å². The number of halogens is 1. The summed E-state index contributed by atoms with van der Waals surface area (Å²) in [6.07, 6.45) is 0.993. The maximum atomic E-state index is 14.3. The third kappa shape index (κ3) is 4.58. The van der Waals surface area contributed by atoms with Gasteiger partial charge in [-0.1, -0.05) is 12.1 Å². The summed E-state index contributed by atoms with van der Waals surface area (Å²) in [5, 5.41) is 0.543. The molecule has 0 N–H and O–H groups in total. The first-order chi connectivity index (χ1) is 13.7. The van der Waals surface area contributed by atoms with Gasteiger partial charge in [-0.3, -0.25) is 4.98 Å². The maximum Gasteiger partial charge on any atom is 0.410 e. The lowest BCUT2D eigenvalue weighted by Crippen LogP contribution is -2.50. The summed E-state index contributed by atoms with van der Waals surface area (Å²) in [7, 11) is 0. The average molecular weight is 403 g/mol. The molecule has 156 valence electrons. The number of esters is 1. The lowest BCUT2D eigenvalue weighted by Gasteiger charge is -2.37. The van der Waals surface area contributed by atoms with Gasteiger partial charge in [0, 0.05) is 37.8 Å². The van der Waals surface area contributed by atoms with E-state index < -0.39 is 17.4 Å². The smallest absolute Gasteiger partial charge is 0.410 e. The molecule has 0 bridgehead atoms. The molecule has 0 atom stereocenters. The summed E-state index contributed by atoms with van der Waals surface area (Å²) >= 11 is 0. The van der Waals surface area contributed by atoms with Crippen LogP contribution in [0.3, 0.4) is 0 Å². The minimum Gasteiger partial charge on any atom is -0.462 e. The number of aromatic nitrogens is 1. The van der Waals surface area contributed by atoms with Crippen LogP contribution >= 0.6 is 0 Å². The molecule has 7 nitrogen and oxygen atoms in total. The molecule has 1 aliphatic heterocycles. The van der Waals surface area contributed by atoms with Crippen LogP contribution in [-0.4, -0.2) is 60.3 Å². The van der Waals surface area contributed by atoms with Crippen molar-refractivity contribution in [3.8, 4) is 0 Å². The zero-order valence-electron chi connectivity index (χ0n) is 17.2. The van der Waals surface area contributed by atoms with Crippen molar-refractivity contribution in [1.82, 2.24) is 9.88 Å². The Morgan fingerprint density at radius 3 is 2.48 bits per heavy atom. The van der Waals surface area contributed by atoms with Crippen LogP contribution in [0.1, 0.15) is 38.1 Å². The zero-order chi connectivity index (χ0) is 21.2. The standard InChI is InChI=1S/C21H26FN3O4/c1-5-28-19(26)15-13-23-17-14(7-6-8-16(17)22)18(15)24-9-11-25(12-10-24)20(27)29-21(2,3)4/h6-8,13H,5,9-12H2,1-4H3. The lowest BCUT2D eigenvalue weighted by molar-refractivity contribution is 0.0239. The van der Waals surface area contributed by atoms with Gasteiger partial charge in [-0.2, -0.15) is 0 Å². The number of benzene rings is 1. The average Bonchev–Trinajstić information content (AvgIpc) is 2.66. The van der Waals surface area contributed by atoms with E-state index in [0.717, 1.165) is 0 Å². The number of pyridine rings is 1. The highest BCUT2D eigenvalue weighted by Gasteiger charge is 2.29. The largest absolute Gasteiger partial charge is 0.462 e. The number of hydrogen-bond acceptors (Lipinski definition) is 6. The second kappa shape index (κ2) is 8.23. The van der Waals surface area contributed by atoms with Crippen molar-refractivity contribution in [3.63, 3.8) is 0 Å². The number of carbonyl (C=O) groups excluding carboxylic acids is 2. The molecule has 1 fully saturated rings. The predicted octanol–water partition coefficient (Wildman–Crippen LogP) is 3.61. The molecule has 1 aromatic heterocycles. The van der Waals surface area contributed by atoms with Crippen LogP contribution in [0.4, 0.5) is 14.9 Å². The normalized spacial score (nSPS) is 14.8. The quantitative estimate of drug-likeness (QED) is 0.729. The Hall–Kier alpha value is -2.90. The predicted molar refractivity (Wildman–Crippen MR) is 108 cm³/mol. The molecule has 1 aromatic carbocycles. The summed E-state index contributed by atoms with van der Waals surface area (Å²) < 4.78 is 24.9. The van der Waals surface area contributed by atoms with Crippen molar-refractivity contribution in [2.75, 3.05) is 37.7 Å². The zero-order valence-corrected chi connectivity index (χ0v) is 17.2. The SMILES string of the molecule is CCOC(=O)c1cnc2c(F)cccc2c1N1CCN(C(=O)OC(C)(C)C)CC1. The van der Waals surface area contributed by atoms with E-state index >= 15 is 0 Å². The lowest BCUT2D eigenvalue weighted by atomic mass is 10.1. The van der Waals surface area contributed by atoms with Gasteiger partial charge in [-0.15, -0.1) is 0 Å². The topological polar surface area (TPSA) is 72.0 Å². The minimum absolute atomic E-state index is 0.199. The highest BCUT2D eigenvalue weighted by molar-refractivity contribution is 6.05. The van der Waals surface area contributed by atoms with Crippen LogP contribution < -0.4 is 4.90 Å². The molecule has 0 radical (unpaired) electrons. The molecule has 29 heavy (non-hydrogen) atoms. The van der Waals surface area contributed by atoms with Crippen LogP contribution in [0, 0.1) is 5.82 Å². The van der Waals surface area contributed by atoms with Gasteiger partial charge in [0.15, 0.2) is 0 Å². The van der Waals surface area contributed by atoms with E-state index in [4.69, 9.17) is 9.47 Å². The Morgan fingerprint density at radius 2 is 1.86 bits per heavy atom. The van der Waals surface area contributed by atoms with Gasteiger partial charge in [-0.05, 0) is 33.8 Å². The number of rotatable bonds is 3. The minimum atomic E-state index is -0.565. The van der Waals surface area contributed by atoms with Gasteiger partial charge in [0.25, 0.3) is 0 Å². The fourth-order valence-electron chi connectivity index (χ4n) is 3.31. The van der Waals surface area contributed by atoms with Crippen molar-refractivity contribution in [2.24, 2.45) is 0 Å². The number of ether oxygens (including phenoxy) is 2. The first kappa shape index (κ1) is 20.8. The molecular weight excluding hydrogens is 377 g/mol. The molecule has 1 amide bonds. The van der Waals surface area contributed by atoms with Crippen LogP contribution in [0.15, 0.2) is 24.4 Å². The first-order valence-corrected chi connectivity index (χ1v) is 9.68. The Kier molecular flexibility index (Phi) is 5.91. The third-order valence-electron chi connectivity index (χ3n) is 4.56. The maximum absolute atomic E-state index is 14.3. The molecular formula is C21H26FN3O4. The number of anilines is 1. The highest BCUT2D eigenvalue weighted by atomic mass is 19.1. The van der Waals surface area contributed by atoms with Crippen LogP contribution in [0.5, 0.6) is 0 Å². The second-order valence-electron chi connectivity index (χ2n) is 7.83. The molecule has 0 saturated carbocycles. The number of fused-ring (bicyclic) bond motifs is 1. The molecule has 1 saturated heterocycles. The number of hydrogen-bond donors (Lipinski definition) is 0. The number of amides is 1. The summed E-state index contributed by atoms with van der Waals surface area (Å²) in [6.45, 7) is 9.23. The van der Waals surface area contributed by atoms with E-state index in [9.17, 15) is 14.0 Å². The van der Waals surface area contributed by atoms with Crippen molar-refractivity contribution in [3.05, 3.63) is 35.8 Å². The molecule has 0 spiro atoms. The van der Waals surface area contributed by atoms with Crippen molar-refractivity contribution in [1.29, 1.82) is 0 Å². The third-order valence-corrected chi connectivity index (χ3v) is 4.56. The molecule has 0 unspecified atom stereocenters. The van der Waals surface area contributed by atoms with Gasteiger partial charge in [0.05, 0.1) is 12.3 Å². The molecule has 2 aromatic rings. The fraction of sp³-hybridized carbons (Fsp3) is 0.476. The molecule has 3 rings (SSSR count). The van der Waals surface area contributed by atoms with Crippen LogP contribution in [0.2, 0.25) is 0 Å². The molecule has 2 heterocycles. The Balaban J connectivity index is 1.91. The second-order valence-corrected chi connectivity index (χ2v) is 7.83. The fourth-order valence-corrected chi connectivity index (χ4v) is 3.31. The van der Waals surface area contributed by atoms with E-state index in [2.05, 4.69) is 4.98 Å². The number of nitrogens with zero attached hydrogens (tertiary/aromatic N) is 3. The van der Waals surface area contributed by atoms with Gasteiger partial charge in [0.1, 0.15) is 22.5 Å². The summed E-state index contributed by atoms with van der Waals surface area (Å²) in [5.41, 5.74) is 0.502. The Labute approximate surface area is 169 Å². The van der Waals surface area contributed by atoms with Gasteiger partial charge < -0.3 is 19.3 Å². The van der Waals surface area contributed by atoms with Gasteiger partial charge in [0.2, 0.25) is 0 Å². The molecule has 1 aliphatic rings. The molecule has 8 heteroatoms. The van der Waals surface area contributed by atoms with Crippen LogP contribution in [-0.2, 0) is 9.47 Å². The Bertz CT molecular complexity index is 918. The van der Waals surface area contributed by atoms with E-state index in [-0.39, 0.29) is 23.8 Å². The number of para-hydroxylation sites is 1. The van der Waals surface area contributed by atoms with E-state index in [0.29, 0.717) is 37.3 Å². The first-order valence-electron chi connectivity index (χ1n) is 9.68. The Morgan fingerprint density at radius 1 is 1.17 bits per heavy atom. The van der Waals surface area contributed by atoms with Crippen molar-refractivity contribution < 1.29 is 23.5 Å². The summed E-state index contributed by atoms with van der Waals surface area (Å²) in [5.74, 6) is -0.956. The van der Waals surface area contributed by atoms with Gasteiger partial charge in [-0.25, -0.2) is 14.0 Å².